The second-order valence-corrected chi connectivity index (χ2v) is 4.79. The molecule has 1 fully saturated rings. The predicted molar refractivity (Wildman–Crippen MR) is 63.5 cm³/mol. The highest BCUT2D eigenvalue weighted by molar-refractivity contribution is 5.18. The van der Waals surface area contributed by atoms with Gasteiger partial charge < -0.3 is 20.1 Å². The van der Waals surface area contributed by atoms with Crippen LogP contribution in [0.2, 0.25) is 0 Å². The molecule has 0 unspecified atom stereocenters. The van der Waals surface area contributed by atoms with E-state index in [1.165, 1.54) is 6.07 Å². The lowest BCUT2D eigenvalue weighted by Gasteiger charge is -2.34. The summed E-state index contributed by atoms with van der Waals surface area (Å²) in [6.45, 7) is 0.243. The van der Waals surface area contributed by atoms with Crippen LogP contribution in [-0.4, -0.2) is 49.3 Å². The van der Waals surface area contributed by atoms with E-state index in [-0.39, 0.29) is 0 Å². The zero-order valence-electron chi connectivity index (χ0n) is 10.8. The van der Waals surface area contributed by atoms with Gasteiger partial charge in [-0.25, -0.2) is 4.79 Å². The van der Waals surface area contributed by atoms with Crippen LogP contribution in [0.25, 0.3) is 0 Å². The number of H-pyrrole nitrogens is 1. The van der Waals surface area contributed by atoms with E-state index >= 15 is 0 Å². The summed E-state index contributed by atoms with van der Waals surface area (Å²) in [5.74, 6) is -1.38. The summed E-state index contributed by atoms with van der Waals surface area (Å²) in [6, 6.07) is 1.50. The fourth-order valence-corrected chi connectivity index (χ4v) is 2.28. The van der Waals surface area contributed by atoms with Crippen molar-refractivity contribution in [3.63, 3.8) is 0 Å². The highest BCUT2D eigenvalue weighted by Crippen LogP contribution is 2.42. The quantitative estimate of drug-likeness (QED) is 0.466. The van der Waals surface area contributed by atoms with E-state index < -0.39 is 47.2 Å². The first-order chi connectivity index (χ1) is 9.71. The minimum atomic E-state index is -2.51. The molecule has 0 aliphatic carbocycles. The van der Waals surface area contributed by atoms with Gasteiger partial charge in [0.1, 0.15) is 18.3 Å². The molecule has 4 atom stereocenters. The maximum atomic E-state index is 13.4. The van der Waals surface area contributed by atoms with Gasteiger partial charge in [0.2, 0.25) is 5.82 Å². The molecule has 0 radical (unpaired) electrons. The normalized spacial score (nSPS) is 35.6. The summed E-state index contributed by atoms with van der Waals surface area (Å²) in [7, 11) is 0. The molecule has 9 nitrogen and oxygen atoms in total. The fourth-order valence-electron chi connectivity index (χ4n) is 2.28. The number of hydrogen-bond acceptors (Lipinski definition) is 7. The van der Waals surface area contributed by atoms with E-state index in [1.807, 2.05) is 0 Å². The Hall–Kier alpha value is -2.06. The Morgan fingerprint density at radius 2 is 2.24 bits per heavy atom. The molecule has 0 spiro atoms. The zero-order chi connectivity index (χ0) is 16.0. The molecule has 1 saturated heterocycles. The highest BCUT2D eigenvalue weighted by atomic mass is 19.1. The minimum Gasteiger partial charge on any atom is -0.394 e. The second-order valence-electron chi connectivity index (χ2n) is 4.79. The van der Waals surface area contributed by atoms with Crippen LogP contribution in [0.1, 0.15) is 6.92 Å². The van der Waals surface area contributed by atoms with E-state index in [2.05, 4.69) is 0 Å². The molecule has 1 aliphatic heterocycles. The van der Waals surface area contributed by atoms with Crippen LogP contribution in [-0.2, 0) is 10.5 Å². The SMILES string of the molecule is C[C@@]1(O)[C@H](O)[C@@H](CO)O[C@@]1(C#N)n1cc(F)c(=O)[nH]c1=O. The number of nitriles is 1. The smallest absolute Gasteiger partial charge is 0.331 e. The maximum Gasteiger partial charge on any atom is 0.331 e. The molecule has 0 aromatic carbocycles. The third-order valence-electron chi connectivity index (χ3n) is 3.51. The van der Waals surface area contributed by atoms with Gasteiger partial charge in [-0.15, -0.1) is 0 Å². The number of ether oxygens (including phenoxy) is 1. The number of hydrogen-bond donors (Lipinski definition) is 4. The van der Waals surface area contributed by atoms with Crippen LogP contribution in [0.3, 0.4) is 0 Å². The Kier molecular flexibility index (Phi) is 3.46. The van der Waals surface area contributed by atoms with Gasteiger partial charge in [0.05, 0.1) is 12.8 Å². The number of nitrogens with zero attached hydrogens (tertiary/aromatic N) is 2. The first-order valence-electron chi connectivity index (χ1n) is 5.83. The molecule has 0 amide bonds. The molecule has 0 saturated carbocycles. The monoisotopic (exact) mass is 301 g/mol. The highest BCUT2D eigenvalue weighted by Gasteiger charge is 2.65. The van der Waals surface area contributed by atoms with Crippen LogP contribution >= 0.6 is 0 Å². The van der Waals surface area contributed by atoms with Gasteiger partial charge in [-0.1, -0.05) is 0 Å². The summed E-state index contributed by atoms with van der Waals surface area (Å²) in [4.78, 5) is 24.4. The first-order valence-corrected chi connectivity index (χ1v) is 5.83. The van der Waals surface area contributed by atoms with Crippen molar-refractivity contribution in [2.45, 2.75) is 30.5 Å². The average molecular weight is 301 g/mol. The maximum absolute atomic E-state index is 13.4. The molecule has 0 bridgehead atoms. The molecule has 1 aromatic heterocycles. The van der Waals surface area contributed by atoms with Gasteiger partial charge in [-0.2, -0.15) is 9.65 Å². The number of aromatic amines is 1. The van der Waals surface area contributed by atoms with E-state index in [4.69, 9.17) is 9.84 Å². The van der Waals surface area contributed by atoms with Crippen molar-refractivity contribution >= 4 is 0 Å². The van der Waals surface area contributed by atoms with Gasteiger partial charge in [-0.3, -0.25) is 14.3 Å². The number of nitrogens with one attached hydrogen (secondary N) is 1. The lowest BCUT2D eigenvalue weighted by Crippen LogP contribution is -2.58. The van der Waals surface area contributed by atoms with Crippen molar-refractivity contribution in [1.29, 1.82) is 5.26 Å². The minimum absolute atomic E-state index is 0.336. The van der Waals surface area contributed by atoms with E-state index in [1.54, 1.807) is 4.98 Å². The Morgan fingerprint density at radius 3 is 2.71 bits per heavy atom. The van der Waals surface area contributed by atoms with Crippen molar-refractivity contribution < 1.29 is 24.4 Å². The van der Waals surface area contributed by atoms with Crippen molar-refractivity contribution in [2.24, 2.45) is 0 Å². The zero-order valence-corrected chi connectivity index (χ0v) is 10.8. The Morgan fingerprint density at radius 1 is 1.62 bits per heavy atom. The molecular weight excluding hydrogens is 289 g/mol. The Bertz CT molecular complexity index is 720. The van der Waals surface area contributed by atoms with E-state index in [0.717, 1.165) is 6.92 Å². The van der Waals surface area contributed by atoms with Crippen LogP contribution in [0, 0.1) is 17.1 Å². The number of aliphatic hydroxyl groups excluding tert-OH is 2. The third-order valence-corrected chi connectivity index (χ3v) is 3.51. The summed E-state index contributed by atoms with van der Waals surface area (Å²) < 4.78 is 18.8. The average Bonchev–Trinajstić information content (AvgIpc) is 2.63. The van der Waals surface area contributed by atoms with Crippen molar-refractivity contribution in [3.8, 4) is 6.07 Å². The number of aliphatic hydroxyl groups is 3. The van der Waals surface area contributed by atoms with Crippen LogP contribution in [0.4, 0.5) is 4.39 Å². The molecule has 1 aliphatic rings. The Labute approximate surface area is 116 Å². The molecule has 4 N–H and O–H groups in total. The molecule has 1 aromatic rings. The van der Waals surface area contributed by atoms with Crippen molar-refractivity contribution in [2.75, 3.05) is 6.61 Å². The van der Waals surface area contributed by atoms with Gasteiger partial charge in [0.15, 0.2) is 5.60 Å². The Balaban J connectivity index is 2.75. The molecule has 10 heteroatoms. The van der Waals surface area contributed by atoms with Crippen molar-refractivity contribution in [1.82, 2.24) is 9.55 Å². The predicted octanol–water partition coefficient (Wildman–Crippen LogP) is -2.64. The first kappa shape index (κ1) is 15.3. The van der Waals surface area contributed by atoms with E-state index in [0.29, 0.717) is 10.8 Å². The van der Waals surface area contributed by atoms with Gasteiger partial charge in [-0.05, 0) is 6.92 Å². The van der Waals surface area contributed by atoms with Crippen LogP contribution in [0.15, 0.2) is 15.8 Å². The summed E-state index contributed by atoms with van der Waals surface area (Å²) in [5, 5.41) is 38.6. The topological polar surface area (TPSA) is 149 Å². The number of aromatic nitrogens is 2. The summed E-state index contributed by atoms with van der Waals surface area (Å²) in [5.41, 5.74) is -7.37. The van der Waals surface area contributed by atoms with Crippen LogP contribution < -0.4 is 11.2 Å². The summed E-state index contributed by atoms with van der Waals surface area (Å²) >= 11 is 0. The third kappa shape index (κ3) is 1.90. The van der Waals surface area contributed by atoms with E-state index in [9.17, 15) is 29.5 Å². The van der Waals surface area contributed by atoms with Gasteiger partial charge in [0, 0.05) is 0 Å². The largest absolute Gasteiger partial charge is 0.394 e. The van der Waals surface area contributed by atoms with Gasteiger partial charge in [0.25, 0.3) is 11.3 Å². The summed E-state index contributed by atoms with van der Waals surface area (Å²) in [6.07, 6.45) is -2.70. The lowest BCUT2D eigenvalue weighted by molar-refractivity contribution is -0.152. The van der Waals surface area contributed by atoms with Gasteiger partial charge >= 0.3 is 5.69 Å². The van der Waals surface area contributed by atoms with Crippen molar-refractivity contribution in [3.05, 3.63) is 32.9 Å². The lowest BCUT2D eigenvalue weighted by atomic mass is 9.88. The second kappa shape index (κ2) is 4.74. The molecule has 2 rings (SSSR count). The fraction of sp³-hybridized carbons (Fsp3) is 0.545. The standard InChI is InChI=1S/C11H12FN3O6/c1-10(20)7(17)6(3-16)21-11(10,4-13)15-2-5(12)8(18)14-9(15)19/h2,6-7,16-17,20H,3H2,1H3,(H,14,18,19)/t6-,7-,10-,11-/m1/s1. The number of rotatable bonds is 2. The number of halogens is 1. The molecule has 114 valence electrons. The molecule has 21 heavy (non-hydrogen) atoms. The van der Waals surface area contributed by atoms with Crippen LogP contribution in [0.5, 0.6) is 0 Å². The molecule has 2 heterocycles. The molecular formula is C11H12FN3O6.